The molecule has 0 aliphatic heterocycles. The van der Waals surface area contributed by atoms with E-state index in [1.165, 1.54) is 60.4 Å². The van der Waals surface area contributed by atoms with E-state index in [0.29, 0.717) is 27.2 Å². The second-order valence-corrected chi connectivity index (χ2v) is 9.98. The number of imidazole rings is 1. The fourth-order valence-electron chi connectivity index (χ4n) is 3.62. The second kappa shape index (κ2) is 9.73. The van der Waals surface area contributed by atoms with Gasteiger partial charge in [0.05, 0.1) is 16.7 Å². The molecule has 1 aliphatic carbocycles. The van der Waals surface area contributed by atoms with E-state index in [2.05, 4.69) is 27.9 Å². The molecule has 1 saturated carbocycles. The quantitative estimate of drug-likeness (QED) is 0.382. The lowest BCUT2D eigenvalue weighted by molar-refractivity contribution is -0.153. The molecule has 0 amide bonds. The van der Waals surface area contributed by atoms with Gasteiger partial charge in [-0.2, -0.15) is 13.2 Å². The van der Waals surface area contributed by atoms with Gasteiger partial charge in [-0.25, -0.2) is 4.98 Å². The minimum absolute atomic E-state index is 0.162. The Labute approximate surface area is 187 Å². The lowest BCUT2D eigenvalue weighted by Crippen LogP contribution is -2.19. The number of halogens is 3. The molecule has 166 valence electrons. The Morgan fingerprint density at radius 1 is 1.16 bits per heavy atom. The van der Waals surface area contributed by atoms with Crippen molar-refractivity contribution in [1.29, 1.82) is 0 Å². The molecule has 0 bridgehead atoms. The topological polar surface area (TPSA) is 50.8 Å². The number of rotatable bonds is 7. The summed E-state index contributed by atoms with van der Waals surface area (Å²) < 4.78 is 41.9. The normalized spacial score (nSPS) is 15.5. The molecule has 0 saturated heterocycles. The van der Waals surface area contributed by atoms with Gasteiger partial charge in [-0.15, -0.1) is 11.8 Å². The average molecular weight is 468 g/mol. The first-order valence-electron chi connectivity index (χ1n) is 10.3. The number of benzene rings is 1. The average Bonchev–Trinajstić information content (AvgIpc) is 3.15. The summed E-state index contributed by atoms with van der Waals surface area (Å²) in [6, 6.07) is 6.81. The van der Waals surface area contributed by atoms with E-state index >= 15 is 0 Å². The summed E-state index contributed by atoms with van der Waals surface area (Å²) in [6.45, 7) is 0.811. The summed E-state index contributed by atoms with van der Waals surface area (Å²) in [4.78, 5) is 13.5. The van der Waals surface area contributed by atoms with Crippen LogP contribution in [0.5, 0.6) is 5.75 Å². The molecule has 0 unspecified atom stereocenters. The Hall–Kier alpha value is -1.87. The molecule has 9 heteroatoms. The predicted octanol–water partition coefficient (Wildman–Crippen LogP) is 6.92. The fraction of sp³-hybridized carbons (Fsp3) is 0.455. The molecule has 1 aliphatic rings. The maximum absolute atomic E-state index is 12.4. The zero-order valence-corrected chi connectivity index (χ0v) is 18.8. The van der Waals surface area contributed by atoms with Crippen LogP contribution in [0.4, 0.5) is 13.2 Å². The zero-order chi connectivity index (χ0) is 21.8. The van der Waals surface area contributed by atoms with E-state index in [9.17, 15) is 13.2 Å². The molecule has 0 atom stereocenters. The van der Waals surface area contributed by atoms with Gasteiger partial charge < -0.3 is 9.72 Å². The molecule has 0 spiro atoms. The van der Waals surface area contributed by atoms with Crippen LogP contribution in [-0.4, -0.2) is 33.0 Å². The molecule has 0 radical (unpaired) electrons. The molecule has 1 fully saturated rings. The highest BCUT2D eigenvalue weighted by molar-refractivity contribution is 8.00. The molecule has 4 nitrogen and oxygen atoms in total. The van der Waals surface area contributed by atoms with Crippen molar-refractivity contribution in [3.8, 4) is 5.75 Å². The number of hydrogen-bond acceptors (Lipinski definition) is 5. The van der Waals surface area contributed by atoms with Crippen LogP contribution in [0, 0.1) is 6.92 Å². The largest absolute Gasteiger partial charge is 0.484 e. The first-order chi connectivity index (χ1) is 14.9. The number of alkyl halides is 3. The number of hydrogen-bond donors (Lipinski definition) is 1. The first-order valence-corrected chi connectivity index (χ1v) is 12.2. The SMILES string of the molecule is Cc1c(SC2CCCCC2)ccnc1CSc1nc2ccc(OCC(F)(F)F)cc2[nH]1. The van der Waals surface area contributed by atoms with Crippen molar-refractivity contribution in [2.45, 2.75) is 66.3 Å². The van der Waals surface area contributed by atoms with Crippen LogP contribution in [0.25, 0.3) is 11.0 Å². The molecule has 2 heterocycles. The summed E-state index contributed by atoms with van der Waals surface area (Å²) in [7, 11) is 0. The zero-order valence-electron chi connectivity index (χ0n) is 17.2. The van der Waals surface area contributed by atoms with Crippen molar-refractivity contribution in [3.05, 3.63) is 41.7 Å². The van der Waals surface area contributed by atoms with Gasteiger partial charge in [-0.1, -0.05) is 31.0 Å². The van der Waals surface area contributed by atoms with Crippen LogP contribution in [0.3, 0.4) is 0 Å². The van der Waals surface area contributed by atoms with Crippen LogP contribution in [0.15, 0.2) is 40.5 Å². The third-order valence-corrected chi connectivity index (χ3v) is 7.67. The van der Waals surface area contributed by atoms with Gasteiger partial charge in [0.1, 0.15) is 5.75 Å². The number of nitrogens with one attached hydrogen (secondary N) is 1. The molecule has 31 heavy (non-hydrogen) atoms. The number of H-pyrrole nitrogens is 1. The molecule has 4 rings (SSSR count). The van der Waals surface area contributed by atoms with E-state index in [4.69, 9.17) is 4.74 Å². The van der Waals surface area contributed by atoms with Gasteiger partial charge >= 0.3 is 6.18 Å². The molecule has 3 aromatic rings. The van der Waals surface area contributed by atoms with Crippen molar-refractivity contribution in [3.63, 3.8) is 0 Å². The minimum Gasteiger partial charge on any atom is -0.484 e. The maximum atomic E-state index is 12.4. The van der Waals surface area contributed by atoms with Crippen LogP contribution >= 0.6 is 23.5 Å². The Balaban J connectivity index is 1.41. The number of pyridine rings is 1. The number of fused-ring (bicyclic) bond motifs is 1. The fourth-order valence-corrected chi connectivity index (χ4v) is 5.89. The van der Waals surface area contributed by atoms with Gasteiger partial charge in [-0.05, 0) is 43.5 Å². The number of aromatic amines is 1. The number of aromatic nitrogens is 3. The van der Waals surface area contributed by atoms with E-state index in [1.54, 1.807) is 12.1 Å². The molecular weight excluding hydrogens is 443 g/mol. The van der Waals surface area contributed by atoms with Gasteiger partial charge in [0.25, 0.3) is 0 Å². The van der Waals surface area contributed by atoms with Gasteiger partial charge in [0.2, 0.25) is 0 Å². The highest BCUT2D eigenvalue weighted by Gasteiger charge is 2.28. The van der Waals surface area contributed by atoms with E-state index < -0.39 is 12.8 Å². The summed E-state index contributed by atoms with van der Waals surface area (Å²) >= 11 is 3.50. The highest BCUT2D eigenvalue weighted by atomic mass is 32.2. The number of ether oxygens (including phenoxy) is 1. The summed E-state index contributed by atoms with van der Waals surface area (Å²) in [5, 5.41) is 1.40. The third kappa shape index (κ3) is 6.10. The monoisotopic (exact) mass is 467 g/mol. The minimum atomic E-state index is -4.36. The maximum Gasteiger partial charge on any atom is 0.422 e. The summed E-state index contributed by atoms with van der Waals surface area (Å²) in [6.07, 6.45) is 4.06. The van der Waals surface area contributed by atoms with Crippen LogP contribution in [0.2, 0.25) is 0 Å². The van der Waals surface area contributed by atoms with Crippen LogP contribution in [0.1, 0.15) is 43.4 Å². The summed E-state index contributed by atoms with van der Waals surface area (Å²) in [5.74, 6) is 0.831. The molecular formula is C22H24F3N3OS2. The Bertz CT molecular complexity index is 1030. The van der Waals surface area contributed by atoms with Gasteiger partial charge in [-0.3, -0.25) is 4.98 Å². The third-order valence-electron chi connectivity index (χ3n) is 5.28. The van der Waals surface area contributed by atoms with Crippen molar-refractivity contribution >= 4 is 34.6 Å². The molecule has 2 aromatic heterocycles. The van der Waals surface area contributed by atoms with Crippen LogP contribution < -0.4 is 4.74 Å². The van der Waals surface area contributed by atoms with Crippen molar-refractivity contribution in [2.24, 2.45) is 0 Å². The molecule has 1 N–H and O–H groups in total. The van der Waals surface area contributed by atoms with E-state index in [1.807, 2.05) is 18.0 Å². The Morgan fingerprint density at radius 3 is 2.74 bits per heavy atom. The molecule has 1 aromatic carbocycles. The Morgan fingerprint density at radius 2 is 1.97 bits per heavy atom. The van der Waals surface area contributed by atoms with Crippen molar-refractivity contribution < 1.29 is 17.9 Å². The highest BCUT2D eigenvalue weighted by Crippen LogP contribution is 2.36. The van der Waals surface area contributed by atoms with Crippen molar-refractivity contribution in [1.82, 2.24) is 15.0 Å². The number of thioether (sulfide) groups is 2. The first kappa shape index (κ1) is 22.3. The van der Waals surface area contributed by atoms with Gasteiger partial charge in [0, 0.05) is 28.2 Å². The van der Waals surface area contributed by atoms with E-state index in [0.717, 1.165) is 5.69 Å². The van der Waals surface area contributed by atoms with E-state index in [-0.39, 0.29) is 5.75 Å². The Kier molecular flexibility index (Phi) is 7.01. The lowest BCUT2D eigenvalue weighted by Gasteiger charge is -2.22. The lowest BCUT2D eigenvalue weighted by atomic mass is 10.0. The second-order valence-electron chi connectivity index (χ2n) is 7.67. The predicted molar refractivity (Wildman–Crippen MR) is 119 cm³/mol. The van der Waals surface area contributed by atoms with Gasteiger partial charge in [0.15, 0.2) is 11.8 Å². The smallest absolute Gasteiger partial charge is 0.422 e. The van der Waals surface area contributed by atoms with Crippen molar-refractivity contribution in [2.75, 3.05) is 6.61 Å². The number of nitrogens with zero attached hydrogens (tertiary/aromatic N) is 2. The standard InChI is InChI=1S/C22H24F3N3OS2/c1-14-19(26-10-9-20(14)31-16-5-3-2-4-6-16)12-30-21-27-17-8-7-15(11-18(17)28-21)29-13-22(23,24)25/h7-11,16H,2-6,12-13H2,1H3,(H,27,28). The summed E-state index contributed by atoms with van der Waals surface area (Å²) in [5.41, 5.74) is 3.58. The van der Waals surface area contributed by atoms with Crippen LogP contribution in [-0.2, 0) is 5.75 Å².